The van der Waals surface area contributed by atoms with E-state index in [0.29, 0.717) is 36.9 Å². The fraction of sp³-hybridized carbons (Fsp3) is 0.550. The van der Waals surface area contributed by atoms with E-state index < -0.39 is 17.5 Å². The summed E-state index contributed by atoms with van der Waals surface area (Å²) in [6.45, 7) is 7.92. The standard InChI is InChI=1S/C20H28ClN5O4/c1-3-20(2)18(28)26(19(29)22-20)23-17(27)14-25-10-8-24(9-11-25)12-13-30-16-7-5-4-6-15(16)21/h4-7H,3,8-14H2,1-2H3,(H,22,29)(H,23,27). The summed E-state index contributed by atoms with van der Waals surface area (Å²) >= 11 is 6.08. The normalized spacial score (nSPS) is 22.8. The van der Waals surface area contributed by atoms with Crippen molar-refractivity contribution in [1.29, 1.82) is 0 Å². The molecule has 0 radical (unpaired) electrons. The second-order valence-corrected chi connectivity index (χ2v) is 8.10. The number of hydrogen-bond acceptors (Lipinski definition) is 6. The minimum Gasteiger partial charge on any atom is -0.491 e. The zero-order valence-electron chi connectivity index (χ0n) is 17.3. The van der Waals surface area contributed by atoms with Crippen molar-refractivity contribution in [3.63, 3.8) is 0 Å². The first-order valence-electron chi connectivity index (χ1n) is 10.1. The smallest absolute Gasteiger partial charge is 0.344 e. The number of ether oxygens (including phenoxy) is 1. The highest BCUT2D eigenvalue weighted by atomic mass is 35.5. The van der Waals surface area contributed by atoms with Gasteiger partial charge in [-0.05, 0) is 25.5 Å². The third-order valence-electron chi connectivity index (χ3n) is 5.54. The molecule has 2 aliphatic heterocycles. The quantitative estimate of drug-likeness (QED) is 0.591. The van der Waals surface area contributed by atoms with E-state index in [1.54, 1.807) is 13.0 Å². The molecule has 0 aromatic heterocycles. The Bertz CT molecular complexity index is 799. The van der Waals surface area contributed by atoms with Crippen LogP contribution in [0.2, 0.25) is 5.02 Å². The van der Waals surface area contributed by atoms with E-state index >= 15 is 0 Å². The third-order valence-corrected chi connectivity index (χ3v) is 5.85. The summed E-state index contributed by atoms with van der Waals surface area (Å²) in [5, 5.41) is 3.99. The predicted octanol–water partition coefficient (Wildman–Crippen LogP) is 1.09. The molecule has 2 saturated heterocycles. The first-order chi connectivity index (χ1) is 14.3. The molecule has 2 aliphatic rings. The number of benzene rings is 1. The molecule has 0 spiro atoms. The van der Waals surface area contributed by atoms with Crippen molar-refractivity contribution in [2.24, 2.45) is 0 Å². The van der Waals surface area contributed by atoms with E-state index in [1.807, 2.05) is 30.0 Å². The molecule has 2 heterocycles. The average molecular weight is 438 g/mol. The van der Waals surface area contributed by atoms with E-state index in [2.05, 4.69) is 15.6 Å². The molecule has 2 fully saturated rings. The van der Waals surface area contributed by atoms with Crippen LogP contribution in [-0.4, -0.2) is 84.1 Å². The van der Waals surface area contributed by atoms with Crippen LogP contribution in [0, 0.1) is 0 Å². The van der Waals surface area contributed by atoms with Gasteiger partial charge < -0.3 is 10.1 Å². The van der Waals surface area contributed by atoms with E-state index in [9.17, 15) is 14.4 Å². The second kappa shape index (κ2) is 9.63. The lowest BCUT2D eigenvalue weighted by Gasteiger charge is -2.34. The number of carbonyl (C=O) groups is 3. The Balaban J connectivity index is 1.37. The van der Waals surface area contributed by atoms with Crippen LogP contribution < -0.4 is 15.5 Å². The number of urea groups is 1. The monoisotopic (exact) mass is 437 g/mol. The number of hydrogen-bond donors (Lipinski definition) is 2. The van der Waals surface area contributed by atoms with Crippen molar-refractivity contribution >= 4 is 29.4 Å². The number of carbonyl (C=O) groups excluding carboxylic acids is 3. The lowest BCUT2D eigenvalue weighted by Crippen LogP contribution is -2.54. The molecule has 30 heavy (non-hydrogen) atoms. The summed E-state index contributed by atoms with van der Waals surface area (Å²) in [7, 11) is 0. The number of halogens is 1. The number of nitrogens with zero attached hydrogens (tertiary/aromatic N) is 3. The highest BCUT2D eigenvalue weighted by Gasteiger charge is 2.47. The summed E-state index contributed by atoms with van der Waals surface area (Å²) in [5.41, 5.74) is 1.46. The van der Waals surface area contributed by atoms with Crippen molar-refractivity contribution in [3.05, 3.63) is 29.3 Å². The van der Waals surface area contributed by atoms with Gasteiger partial charge in [0.1, 0.15) is 17.9 Å². The van der Waals surface area contributed by atoms with Gasteiger partial charge in [-0.1, -0.05) is 30.7 Å². The lowest BCUT2D eigenvalue weighted by atomic mass is 10.00. The zero-order valence-corrected chi connectivity index (χ0v) is 18.1. The maximum Gasteiger partial charge on any atom is 0.344 e. The molecule has 4 amide bonds. The molecule has 164 valence electrons. The van der Waals surface area contributed by atoms with E-state index in [1.165, 1.54) is 0 Å². The van der Waals surface area contributed by atoms with Gasteiger partial charge in [0, 0.05) is 32.7 Å². The number of rotatable bonds is 8. The van der Waals surface area contributed by atoms with Crippen LogP contribution in [0.25, 0.3) is 0 Å². The van der Waals surface area contributed by atoms with E-state index in [0.717, 1.165) is 24.6 Å². The third kappa shape index (κ3) is 5.21. The van der Waals surface area contributed by atoms with Crippen molar-refractivity contribution < 1.29 is 19.1 Å². The number of nitrogens with one attached hydrogen (secondary N) is 2. The van der Waals surface area contributed by atoms with Gasteiger partial charge in [0.25, 0.3) is 11.8 Å². The van der Waals surface area contributed by atoms with Crippen molar-refractivity contribution in [2.45, 2.75) is 25.8 Å². The second-order valence-electron chi connectivity index (χ2n) is 7.69. The van der Waals surface area contributed by atoms with Gasteiger partial charge in [-0.2, -0.15) is 5.01 Å². The Labute approximate surface area is 181 Å². The van der Waals surface area contributed by atoms with Gasteiger partial charge >= 0.3 is 6.03 Å². The Hall–Kier alpha value is -2.36. The maximum absolute atomic E-state index is 12.4. The molecule has 1 aromatic rings. The zero-order chi connectivity index (χ0) is 21.7. The summed E-state index contributed by atoms with van der Waals surface area (Å²) < 4.78 is 5.72. The first kappa shape index (κ1) is 22.3. The van der Waals surface area contributed by atoms with Gasteiger partial charge in [-0.15, -0.1) is 0 Å². The minimum absolute atomic E-state index is 0.129. The van der Waals surface area contributed by atoms with Gasteiger partial charge in [0.05, 0.1) is 11.6 Å². The van der Waals surface area contributed by atoms with Crippen LogP contribution in [0.4, 0.5) is 4.79 Å². The molecular weight excluding hydrogens is 410 g/mol. The molecule has 2 N–H and O–H groups in total. The fourth-order valence-corrected chi connectivity index (χ4v) is 3.60. The van der Waals surface area contributed by atoms with E-state index in [4.69, 9.17) is 16.3 Å². The average Bonchev–Trinajstić information content (AvgIpc) is 2.94. The van der Waals surface area contributed by atoms with Crippen LogP contribution in [0.1, 0.15) is 20.3 Å². The Morgan fingerprint density at radius 2 is 1.87 bits per heavy atom. The highest BCUT2D eigenvalue weighted by Crippen LogP contribution is 2.23. The molecule has 0 bridgehead atoms. The van der Waals surface area contributed by atoms with E-state index in [-0.39, 0.29) is 12.5 Å². The van der Waals surface area contributed by atoms with Gasteiger partial charge in [0.2, 0.25) is 0 Å². The Morgan fingerprint density at radius 3 is 2.50 bits per heavy atom. The van der Waals surface area contributed by atoms with Gasteiger partial charge in [-0.3, -0.25) is 24.8 Å². The number of hydrazine groups is 1. The van der Waals surface area contributed by atoms with Crippen LogP contribution >= 0.6 is 11.6 Å². The van der Waals surface area contributed by atoms with Crippen molar-refractivity contribution in [1.82, 2.24) is 25.6 Å². The summed E-state index contributed by atoms with van der Waals surface area (Å²) in [6, 6.07) is 6.78. The molecular formula is C20H28ClN5O4. The first-order valence-corrected chi connectivity index (χ1v) is 10.5. The predicted molar refractivity (Wildman–Crippen MR) is 112 cm³/mol. The number of piperazine rings is 1. The van der Waals surface area contributed by atoms with Crippen LogP contribution in [0.15, 0.2) is 24.3 Å². The SMILES string of the molecule is CCC1(C)NC(=O)N(NC(=O)CN2CCN(CCOc3ccccc3Cl)CC2)C1=O. The Kier molecular flexibility index (Phi) is 7.17. The molecule has 1 unspecified atom stereocenters. The maximum atomic E-state index is 12.4. The van der Waals surface area contributed by atoms with Gasteiger partial charge in [0.15, 0.2) is 0 Å². The molecule has 3 rings (SSSR count). The number of para-hydroxylation sites is 1. The van der Waals surface area contributed by atoms with Crippen molar-refractivity contribution in [3.8, 4) is 5.75 Å². The van der Waals surface area contributed by atoms with Crippen LogP contribution in [-0.2, 0) is 9.59 Å². The fourth-order valence-electron chi connectivity index (χ4n) is 3.41. The molecule has 0 aliphatic carbocycles. The summed E-state index contributed by atoms with van der Waals surface area (Å²) in [6.07, 6.45) is 0.450. The molecule has 1 aromatic carbocycles. The van der Waals surface area contributed by atoms with Crippen LogP contribution in [0.5, 0.6) is 5.75 Å². The van der Waals surface area contributed by atoms with Gasteiger partial charge in [-0.25, -0.2) is 4.79 Å². The summed E-state index contributed by atoms with van der Waals surface area (Å²) in [5.74, 6) is -0.143. The molecule has 9 nitrogen and oxygen atoms in total. The number of imide groups is 1. The molecule has 1 atom stereocenters. The number of amides is 4. The lowest BCUT2D eigenvalue weighted by molar-refractivity contribution is -0.139. The topological polar surface area (TPSA) is 94.2 Å². The molecule has 10 heteroatoms. The summed E-state index contributed by atoms with van der Waals surface area (Å²) in [4.78, 5) is 40.9. The largest absolute Gasteiger partial charge is 0.491 e. The minimum atomic E-state index is -0.970. The van der Waals surface area contributed by atoms with Crippen LogP contribution in [0.3, 0.4) is 0 Å². The van der Waals surface area contributed by atoms with Crippen molar-refractivity contribution in [2.75, 3.05) is 45.9 Å². The Morgan fingerprint density at radius 1 is 1.20 bits per heavy atom. The highest BCUT2D eigenvalue weighted by molar-refractivity contribution is 6.32. The molecule has 0 saturated carbocycles.